The molecule has 31 heavy (non-hydrogen) atoms. The van der Waals surface area contributed by atoms with Gasteiger partial charge < -0.3 is 14.5 Å². The number of amides is 2. The molecule has 0 bridgehead atoms. The van der Waals surface area contributed by atoms with Gasteiger partial charge in [-0.25, -0.2) is 13.2 Å². The van der Waals surface area contributed by atoms with Gasteiger partial charge in [0.15, 0.2) is 0 Å². The lowest BCUT2D eigenvalue weighted by Crippen LogP contribution is -2.45. The van der Waals surface area contributed by atoms with Crippen molar-refractivity contribution in [2.24, 2.45) is 5.92 Å². The Labute approximate surface area is 189 Å². The highest BCUT2D eigenvalue weighted by atomic mass is 32.2. The number of rotatable bonds is 5. The van der Waals surface area contributed by atoms with Crippen molar-refractivity contribution in [2.45, 2.75) is 57.0 Å². The summed E-state index contributed by atoms with van der Waals surface area (Å²) in [5.41, 5.74) is -0.559. The molecule has 3 heterocycles. The molecular formula is C21H33N3O5S2. The number of piperidine rings is 1. The van der Waals surface area contributed by atoms with Gasteiger partial charge in [-0.2, -0.15) is 4.31 Å². The minimum atomic E-state index is -3.64. The molecule has 1 atom stereocenters. The smallest absolute Gasteiger partial charge is 0.410 e. The molecule has 2 fully saturated rings. The lowest BCUT2D eigenvalue weighted by atomic mass is 9.97. The van der Waals surface area contributed by atoms with Crippen LogP contribution in [0.2, 0.25) is 0 Å². The molecule has 1 aromatic rings. The van der Waals surface area contributed by atoms with E-state index < -0.39 is 15.6 Å². The van der Waals surface area contributed by atoms with Crippen molar-refractivity contribution in [3.63, 3.8) is 0 Å². The van der Waals surface area contributed by atoms with Crippen LogP contribution in [-0.4, -0.2) is 79.9 Å². The van der Waals surface area contributed by atoms with Crippen LogP contribution in [0, 0.1) is 5.92 Å². The molecule has 10 heteroatoms. The second-order valence-corrected chi connectivity index (χ2v) is 12.2. The molecule has 0 spiro atoms. The number of hydrogen-bond acceptors (Lipinski definition) is 6. The normalized spacial score (nSPS) is 20.6. The SMILES string of the molecule is CN(CC1CCCN(C(=O)c2sccc2S(=O)(=O)N2CCCC2)C1)C(=O)OC(C)(C)C. The topological polar surface area (TPSA) is 87.2 Å². The number of sulfonamides is 1. The summed E-state index contributed by atoms with van der Waals surface area (Å²) in [6.45, 7) is 8.07. The number of carbonyl (C=O) groups is 2. The van der Waals surface area contributed by atoms with Crippen LogP contribution in [0.4, 0.5) is 4.79 Å². The largest absolute Gasteiger partial charge is 0.444 e. The fourth-order valence-corrected chi connectivity index (χ4v) is 6.95. The first kappa shape index (κ1) is 24.0. The first-order valence-electron chi connectivity index (χ1n) is 10.8. The molecular weight excluding hydrogens is 438 g/mol. The van der Waals surface area contributed by atoms with Crippen molar-refractivity contribution in [3.8, 4) is 0 Å². The van der Waals surface area contributed by atoms with E-state index in [2.05, 4.69) is 0 Å². The molecule has 0 aliphatic carbocycles. The number of likely N-dealkylation sites (tertiary alicyclic amines) is 1. The predicted molar refractivity (Wildman–Crippen MR) is 120 cm³/mol. The zero-order valence-electron chi connectivity index (χ0n) is 18.8. The maximum Gasteiger partial charge on any atom is 0.410 e. The minimum absolute atomic E-state index is 0.119. The lowest BCUT2D eigenvalue weighted by Gasteiger charge is -2.35. The molecule has 0 aromatic carbocycles. The Kier molecular flexibility index (Phi) is 7.32. The lowest BCUT2D eigenvalue weighted by molar-refractivity contribution is 0.0244. The summed E-state index contributed by atoms with van der Waals surface area (Å²) >= 11 is 1.18. The fraction of sp³-hybridized carbons (Fsp3) is 0.714. The van der Waals surface area contributed by atoms with Crippen molar-refractivity contribution >= 4 is 33.4 Å². The van der Waals surface area contributed by atoms with Crippen molar-refractivity contribution in [1.29, 1.82) is 0 Å². The molecule has 2 aliphatic rings. The molecule has 2 saturated heterocycles. The van der Waals surface area contributed by atoms with Crippen LogP contribution in [0.5, 0.6) is 0 Å². The molecule has 0 N–H and O–H groups in total. The number of hydrogen-bond donors (Lipinski definition) is 0. The van der Waals surface area contributed by atoms with Crippen LogP contribution in [0.1, 0.15) is 56.1 Å². The number of carbonyl (C=O) groups excluding carboxylic acids is 2. The van der Waals surface area contributed by atoms with E-state index in [4.69, 9.17) is 4.74 Å². The number of ether oxygens (including phenoxy) is 1. The number of thiophene rings is 1. The van der Waals surface area contributed by atoms with E-state index in [9.17, 15) is 18.0 Å². The molecule has 2 aliphatic heterocycles. The van der Waals surface area contributed by atoms with Crippen molar-refractivity contribution in [1.82, 2.24) is 14.1 Å². The highest BCUT2D eigenvalue weighted by Crippen LogP contribution is 2.30. The second-order valence-electron chi connectivity index (χ2n) is 9.35. The van der Waals surface area contributed by atoms with Crippen LogP contribution in [-0.2, 0) is 14.8 Å². The van der Waals surface area contributed by atoms with Gasteiger partial charge in [0.2, 0.25) is 10.0 Å². The van der Waals surface area contributed by atoms with Crippen molar-refractivity contribution < 1.29 is 22.7 Å². The van der Waals surface area contributed by atoms with E-state index in [1.54, 1.807) is 28.3 Å². The van der Waals surface area contributed by atoms with Gasteiger partial charge >= 0.3 is 6.09 Å². The fourth-order valence-electron chi connectivity index (χ4n) is 4.07. The van der Waals surface area contributed by atoms with Gasteiger partial charge in [-0.3, -0.25) is 4.79 Å². The molecule has 1 unspecified atom stereocenters. The molecule has 0 saturated carbocycles. The second kappa shape index (κ2) is 9.46. The van der Waals surface area contributed by atoms with Gasteiger partial charge in [0, 0.05) is 39.8 Å². The average molecular weight is 472 g/mol. The third kappa shape index (κ3) is 5.78. The van der Waals surface area contributed by atoms with E-state index in [1.807, 2.05) is 20.8 Å². The third-order valence-electron chi connectivity index (χ3n) is 5.55. The Balaban J connectivity index is 1.67. The quantitative estimate of drug-likeness (QED) is 0.658. The average Bonchev–Trinajstić information content (AvgIpc) is 3.38. The molecule has 8 nitrogen and oxygen atoms in total. The summed E-state index contributed by atoms with van der Waals surface area (Å²) in [4.78, 5) is 29.2. The Morgan fingerprint density at radius 3 is 2.52 bits per heavy atom. The third-order valence-corrected chi connectivity index (χ3v) is 8.52. The molecule has 174 valence electrons. The van der Waals surface area contributed by atoms with Crippen molar-refractivity contribution in [2.75, 3.05) is 39.8 Å². The molecule has 2 amide bonds. The molecule has 0 radical (unpaired) electrons. The van der Waals surface area contributed by atoms with Gasteiger partial charge in [-0.15, -0.1) is 11.3 Å². The van der Waals surface area contributed by atoms with Crippen LogP contribution in [0.25, 0.3) is 0 Å². The Bertz CT molecular complexity index is 900. The van der Waals surface area contributed by atoms with Crippen LogP contribution >= 0.6 is 11.3 Å². The Morgan fingerprint density at radius 1 is 1.19 bits per heavy atom. The minimum Gasteiger partial charge on any atom is -0.444 e. The van der Waals surface area contributed by atoms with Gasteiger partial charge in [0.1, 0.15) is 15.4 Å². The van der Waals surface area contributed by atoms with E-state index in [0.717, 1.165) is 25.7 Å². The van der Waals surface area contributed by atoms with Crippen LogP contribution in [0.3, 0.4) is 0 Å². The van der Waals surface area contributed by atoms with E-state index in [-0.39, 0.29) is 27.7 Å². The van der Waals surface area contributed by atoms with E-state index in [1.165, 1.54) is 15.6 Å². The summed E-state index contributed by atoms with van der Waals surface area (Å²) in [5.74, 6) is -0.119. The highest BCUT2D eigenvalue weighted by molar-refractivity contribution is 7.89. The van der Waals surface area contributed by atoms with E-state index >= 15 is 0 Å². The zero-order chi connectivity index (χ0) is 22.8. The van der Waals surface area contributed by atoms with Gasteiger partial charge in [-0.05, 0) is 63.8 Å². The maximum absolute atomic E-state index is 13.2. The Hall–Kier alpha value is -1.65. The van der Waals surface area contributed by atoms with Crippen LogP contribution in [0.15, 0.2) is 16.3 Å². The van der Waals surface area contributed by atoms with Gasteiger partial charge in [0.05, 0.1) is 0 Å². The maximum atomic E-state index is 13.2. The van der Waals surface area contributed by atoms with Crippen molar-refractivity contribution in [3.05, 3.63) is 16.3 Å². The first-order chi connectivity index (χ1) is 14.5. The van der Waals surface area contributed by atoms with E-state index in [0.29, 0.717) is 32.7 Å². The van der Waals surface area contributed by atoms with Gasteiger partial charge in [-0.1, -0.05) is 0 Å². The predicted octanol–water partition coefficient (Wildman–Crippen LogP) is 3.25. The highest BCUT2D eigenvalue weighted by Gasteiger charge is 2.34. The standard InChI is InChI=1S/C21H33N3O5S2/c1-21(2,3)29-20(26)22(4)14-16-8-7-10-23(15-16)19(25)18-17(9-13-30-18)31(27,28)24-11-5-6-12-24/h9,13,16H,5-8,10-12,14-15H2,1-4H3. The molecule has 1 aromatic heterocycles. The number of nitrogens with zero attached hydrogens (tertiary/aromatic N) is 3. The summed E-state index contributed by atoms with van der Waals surface area (Å²) in [7, 11) is -1.94. The Morgan fingerprint density at radius 2 is 1.87 bits per heavy atom. The zero-order valence-corrected chi connectivity index (χ0v) is 20.4. The first-order valence-corrected chi connectivity index (χ1v) is 13.1. The summed E-state index contributed by atoms with van der Waals surface area (Å²) in [5, 5.41) is 1.67. The van der Waals surface area contributed by atoms with Gasteiger partial charge in [0.25, 0.3) is 5.91 Å². The summed E-state index contributed by atoms with van der Waals surface area (Å²) < 4.78 is 32.9. The monoisotopic (exact) mass is 471 g/mol. The molecule has 3 rings (SSSR count). The summed E-state index contributed by atoms with van der Waals surface area (Å²) in [6.07, 6.45) is 3.04. The summed E-state index contributed by atoms with van der Waals surface area (Å²) in [6, 6.07) is 1.54. The van der Waals surface area contributed by atoms with Crippen LogP contribution < -0.4 is 0 Å².